The molecule has 0 aliphatic carbocycles. The van der Waals surface area contributed by atoms with E-state index < -0.39 is 28.5 Å². The molecule has 0 saturated heterocycles. The summed E-state index contributed by atoms with van der Waals surface area (Å²) in [4.78, 5) is 27.6. The monoisotopic (exact) mass is 547 g/mol. The molecule has 0 unspecified atom stereocenters. The lowest BCUT2D eigenvalue weighted by Gasteiger charge is -2.32. The summed E-state index contributed by atoms with van der Waals surface area (Å²) in [6.07, 6.45) is 1.73. The highest BCUT2D eigenvalue weighted by molar-refractivity contribution is 7.92. The molecular formula is C23H28Cl3N3O4S. The zero-order chi connectivity index (χ0) is 25.6. The summed E-state index contributed by atoms with van der Waals surface area (Å²) in [5, 5.41) is 3.96. The Morgan fingerprint density at radius 2 is 1.62 bits per heavy atom. The molecule has 2 amide bonds. The highest BCUT2D eigenvalue weighted by atomic mass is 35.5. The van der Waals surface area contributed by atoms with Crippen molar-refractivity contribution in [3.8, 4) is 0 Å². The summed E-state index contributed by atoms with van der Waals surface area (Å²) < 4.78 is 26.0. The number of halogens is 3. The first-order valence-corrected chi connectivity index (χ1v) is 13.6. The maximum atomic E-state index is 13.5. The number of hydrogen-bond donors (Lipinski definition) is 1. The predicted molar refractivity (Wildman–Crippen MR) is 138 cm³/mol. The number of amides is 2. The van der Waals surface area contributed by atoms with Crippen LogP contribution >= 0.6 is 34.8 Å². The number of hydrogen-bond acceptors (Lipinski definition) is 4. The van der Waals surface area contributed by atoms with Gasteiger partial charge >= 0.3 is 0 Å². The van der Waals surface area contributed by atoms with Crippen LogP contribution in [0.15, 0.2) is 42.5 Å². The second-order valence-electron chi connectivity index (χ2n) is 8.01. The Morgan fingerprint density at radius 3 is 2.15 bits per heavy atom. The lowest BCUT2D eigenvalue weighted by Crippen LogP contribution is -2.52. The summed E-state index contributed by atoms with van der Waals surface area (Å²) in [5.41, 5.74) is 0.926. The predicted octanol–water partition coefficient (Wildman–Crippen LogP) is 4.74. The van der Waals surface area contributed by atoms with Gasteiger partial charge in [-0.3, -0.25) is 13.9 Å². The topological polar surface area (TPSA) is 86.8 Å². The van der Waals surface area contributed by atoms with Crippen molar-refractivity contribution < 1.29 is 18.0 Å². The molecule has 7 nitrogen and oxygen atoms in total. The van der Waals surface area contributed by atoms with Gasteiger partial charge in [-0.15, -0.1) is 0 Å². The minimum Gasteiger partial charge on any atom is -0.352 e. The fraction of sp³-hybridized carbons (Fsp3) is 0.391. The van der Waals surface area contributed by atoms with Gasteiger partial charge < -0.3 is 10.2 Å². The van der Waals surface area contributed by atoms with Crippen LogP contribution in [0.3, 0.4) is 0 Å². The van der Waals surface area contributed by atoms with Gasteiger partial charge in [-0.2, -0.15) is 0 Å². The Morgan fingerprint density at radius 1 is 1.00 bits per heavy atom. The molecule has 0 aromatic heterocycles. The fourth-order valence-electron chi connectivity index (χ4n) is 3.10. The molecule has 2 rings (SSSR count). The second-order valence-corrected chi connectivity index (χ2v) is 11.2. The molecular weight excluding hydrogens is 521 g/mol. The van der Waals surface area contributed by atoms with Crippen LogP contribution < -0.4 is 9.62 Å². The molecule has 1 N–H and O–H groups in total. The van der Waals surface area contributed by atoms with Crippen molar-refractivity contribution in [2.45, 2.75) is 45.8 Å². The van der Waals surface area contributed by atoms with Crippen LogP contribution in [0.1, 0.15) is 32.8 Å². The molecule has 2 aromatic carbocycles. The number of sulfonamides is 1. The zero-order valence-corrected chi connectivity index (χ0v) is 22.5. The van der Waals surface area contributed by atoms with Crippen molar-refractivity contribution in [2.24, 2.45) is 0 Å². The van der Waals surface area contributed by atoms with Crippen molar-refractivity contribution in [3.63, 3.8) is 0 Å². The van der Waals surface area contributed by atoms with Crippen LogP contribution in [0.25, 0.3) is 0 Å². The lowest BCUT2D eigenvalue weighted by molar-refractivity contribution is -0.139. The number of rotatable bonds is 10. The Hall–Kier alpha value is -2.00. The Bertz CT molecular complexity index is 1130. The largest absolute Gasteiger partial charge is 0.352 e. The van der Waals surface area contributed by atoms with E-state index >= 15 is 0 Å². The molecule has 0 bridgehead atoms. The maximum absolute atomic E-state index is 13.5. The molecule has 0 spiro atoms. The normalized spacial score (nSPS) is 13.1. The first-order chi connectivity index (χ1) is 15.8. The summed E-state index contributed by atoms with van der Waals surface area (Å²) in [7, 11) is -3.81. The quantitative estimate of drug-likeness (QED) is 0.464. The van der Waals surface area contributed by atoms with Crippen molar-refractivity contribution in [1.29, 1.82) is 0 Å². The molecule has 0 aliphatic heterocycles. The first kappa shape index (κ1) is 28.2. The number of anilines is 1. The van der Waals surface area contributed by atoms with E-state index in [1.54, 1.807) is 25.1 Å². The average molecular weight is 549 g/mol. The maximum Gasteiger partial charge on any atom is 0.244 e. The highest BCUT2D eigenvalue weighted by Gasteiger charge is 2.30. The molecule has 0 saturated carbocycles. The van der Waals surface area contributed by atoms with E-state index in [0.29, 0.717) is 20.6 Å². The summed E-state index contributed by atoms with van der Waals surface area (Å²) in [5.74, 6) is -0.904. The van der Waals surface area contributed by atoms with E-state index in [9.17, 15) is 18.0 Å². The minimum atomic E-state index is -3.81. The number of nitrogens with zero attached hydrogens (tertiary/aromatic N) is 2. The van der Waals surface area contributed by atoms with Crippen LogP contribution in [0, 0.1) is 0 Å². The Balaban J connectivity index is 2.40. The Kier molecular flexibility index (Phi) is 10.1. The molecule has 0 aliphatic rings. The van der Waals surface area contributed by atoms with Crippen LogP contribution in [0.2, 0.25) is 15.1 Å². The molecule has 2 aromatic rings. The number of benzene rings is 2. The van der Waals surface area contributed by atoms with E-state index in [0.717, 1.165) is 17.0 Å². The standard InChI is InChI=1S/C23H28Cl3N3O4S/c1-5-15(2)27-23(31)16(3)28(13-17-6-11-20(25)21(26)12-17)22(30)14-29(34(4,32)33)19-9-7-18(24)8-10-19/h6-12,15-16H,5,13-14H2,1-4H3,(H,27,31)/t15-,16-/m1/s1. The fourth-order valence-corrected chi connectivity index (χ4v) is 4.40. The SMILES string of the molecule is CC[C@@H](C)NC(=O)[C@@H](C)N(Cc1ccc(Cl)c(Cl)c1)C(=O)CN(c1ccc(Cl)cc1)S(C)(=O)=O. The zero-order valence-electron chi connectivity index (χ0n) is 19.4. The van der Waals surface area contributed by atoms with Gasteiger partial charge in [-0.25, -0.2) is 8.42 Å². The van der Waals surface area contributed by atoms with Gasteiger partial charge in [0.2, 0.25) is 21.8 Å². The number of carbonyl (C=O) groups is 2. The van der Waals surface area contributed by atoms with E-state index in [4.69, 9.17) is 34.8 Å². The molecule has 2 atom stereocenters. The second kappa shape index (κ2) is 12.1. The van der Waals surface area contributed by atoms with Crippen molar-refractivity contribution in [2.75, 3.05) is 17.1 Å². The van der Waals surface area contributed by atoms with Crippen LogP contribution in [0.4, 0.5) is 5.69 Å². The minimum absolute atomic E-state index is 0.0308. The molecule has 0 radical (unpaired) electrons. The molecule has 0 heterocycles. The third kappa shape index (κ3) is 7.77. The first-order valence-electron chi connectivity index (χ1n) is 10.6. The number of carbonyl (C=O) groups excluding carboxylic acids is 2. The van der Waals surface area contributed by atoms with E-state index in [1.807, 2.05) is 13.8 Å². The molecule has 0 fully saturated rings. The van der Waals surface area contributed by atoms with Gasteiger partial charge in [-0.05, 0) is 62.2 Å². The summed E-state index contributed by atoms with van der Waals surface area (Å²) in [6, 6.07) is 10.0. The van der Waals surface area contributed by atoms with Gasteiger partial charge in [0.05, 0.1) is 22.0 Å². The number of nitrogens with one attached hydrogen (secondary N) is 1. The molecule has 11 heteroatoms. The summed E-state index contributed by atoms with van der Waals surface area (Å²) in [6.45, 7) is 4.93. The van der Waals surface area contributed by atoms with Gasteiger partial charge in [0, 0.05) is 17.6 Å². The van der Waals surface area contributed by atoms with Crippen molar-refractivity contribution in [3.05, 3.63) is 63.1 Å². The third-order valence-electron chi connectivity index (χ3n) is 5.30. The smallest absolute Gasteiger partial charge is 0.244 e. The van der Waals surface area contributed by atoms with E-state index in [-0.39, 0.29) is 24.2 Å². The molecule has 186 valence electrons. The van der Waals surface area contributed by atoms with E-state index in [2.05, 4.69) is 5.32 Å². The van der Waals surface area contributed by atoms with Gasteiger partial charge in [0.1, 0.15) is 12.6 Å². The van der Waals surface area contributed by atoms with Gasteiger partial charge in [-0.1, -0.05) is 47.8 Å². The lowest BCUT2D eigenvalue weighted by atomic mass is 10.1. The van der Waals surface area contributed by atoms with Crippen molar-refractivity contribution in [1.82, 2.24) is 10.2 Å². The third-order valence-corrected chi connectivity index (χ3v) is 7.43. The Labute approximate surface area is 216 Å². The van der Waals surface area contributed by atoms with Crippen LogP contribution in [-0.4, -0.2) is 50.0 Å². The molecule has 34 heavy (non-hydrogen) atoms. The summed E-state index contributed by atoms with van der Waals surface area (Å²) >= 11 is 18.1. The van der Waals surface area contributed by atoms with Crippen molar-refractivity contribution >= 4 is 62.3 Å². The van der Waals surface area contributed by atoms with E-state index in [1.165, 1.54) is 29.2 Å². The average Bonchev–Trinajstić information content (AvgIpc) is 2.77. The van der Waals surface area contributed by atoms with Crippen LogP contribution in [-0.2, 0) is 26.2 Å². The van der Waals surface area contributed by atoms with Gasteiger partial charge in [0.15, 0.2) is 0 Å². The van der Waals surface area contributed by atoms with Gasteiger partial charge in [0.25, 0.3) is 0 Å². The van der Waals surface area contributed by atoms with Crippen LogP contribution in [0.5, 0.6) is 0 Å². The highest BCUT2D eigenvalue weighted by Crippen LogP contribution is 2.25.